The third-order valence-electron chi connectivity index (χ3n) is 3.57. The Morgan fingerprint density at radius 3 is 2.13 bits per heavy atom. The quantitative estimate of drug-likeness (QED) is 0.216. The Hall–Kier alpha value is -3.44. The van der Waals surface area contributed by atoms with Crippen molar-refractivity contribution in [2.45, 2.75) is 31.3 Å². The Labute approximate surface area is 180 Å². The lowest BCUT2D eigenvalue weighted by molar-refractivity contribution is -0.153. The van der Waals surface area contributed by atoms with Gasteiger partial charge in [0.1, 0.15) is 17.9 Å². The lowest BCUT2D eigenvalue weighted by Gasteiger charge is -2.19. The molecule has 0 aliphatic rings. The van der Waals surface area contributed by atoms with Crippen LogP contribution in [0.2, 0.25) is 0 Å². The molecule has 0 unspecified atom stereocenters. The van der Waals surface area contributed by atoms with Crippen LogP contribution in [0.5, 0.6) is 5.75 Å². The van der Waals surface area contributed by atoms with Gasteiger partial charge < -0.3 is 20.5 Å². The first kappa shape index (κ1) is 23.8. The molecule has 0 saturated carbocycles. The van der Waals surface area contributed by atoms with Crippen LogP contribution in [-0.4, -0.2) is 38.5 Å². The van der Waals surface area contributed by atoms with E-state index in [4.69, 9.17) is 20.6 Å². The maximum absolute atomic E-state index is 12.3. The number of nitrogens with one attached hydrogen (secondary N) is 3. The van der Waals surface area contributed by atoms with E-state index in [1.807, 2.05) is 0 Å². The minimum atomic E-state index is -3.95. The third-order valence-corrected chi connectivity index (χ3v) is 4.99. The fourth-order valence-corrected chi connectivity index (χ4v) is 3.28. The Morgan fingerprint density at radius 1 is 1.03 bits per heavy atom. The van der Waals surface area contributed by atoms with Gasteiger partial charge in [-0.25, -0.2) is 13.2 Å². The first-order chi connectivity index (χ1) is 14.4. The summed E-state index contributed by atoms with van der Waals surface area (Å²) >= 11 is 0. The molecule has 166 valence electrons. The van der Waals surface area contributed by atoms with Crippen molar-refractivity contribution >= 4 is 33.6 Å². The highest BCUT2D eigenvalue weighted by atomic mass is 32.2. The number of benzene rings is 2. The molecule has 0 amide bonds. The van der Waals surface area contributed by atoms with Gasteiger partial charge in [-0.2, -0.15) is 4.72 Å². The van der Waals surface area contributed by atoms with Crippen molar-refractivity contribution in [3.63, 3.8) is 0 Å². The van der Waals surface area contributed by atoms with Gasteiger partial charge in [-0.15, -0.1) is 0 Å². The van der Waals surface area contributed by atoms with Crippen LogP contribution in [-0.2, 0) is 19.6 Å². The van der Waals surface area contributed by atoms with E-state index >= 15 is 0 Å². The molecule has 0 spiro atoms. The number of nitrogens with two attached hydrogens (primary N) is 1. The summed E-state index contributed by atoms with van der Waals surface area (Å²) in [5.41, 5.74) is 5.31. The van der Waals surface area contributed by atoms with E-state index in [2.05, 4.69) is 10.0 Å². The summed E-state index contributed by atoms with van der Waals surface area (Å²) in [7, 11) is -3.95. The molecule has 0 aliphatic carbocycles. The van der Waals surface area contributed by atoms with Gasteiger partial charge in [0.2, 0.25) is 10.0 Å². The van der Waals surface area contributed by atoms with Crippen molar-refractivity contribution in [1.29, 1.82) is 5.41 Å². The zero-order valence-electron chi connectivity index (χ0n) is 17.3. The number of hydrogen-bond acceptors (Lipinski definition) is 7. The third kappa shape index (κ3) is 7.72. The number of rotatable bonds is 7. The molecule has 0 fully saturated rings. The average Bonchev–Trinajstić information content (AvgIpc) is 2.66. The monoisotopic (exact) mass is 448 g/mol. The van der Waals surface area contributed by atoms with Crippen LogP contribution < -0.4 is 20.5 Å². The van der Waals surface area contributed by atoms with E-state index in [1.165, 1.54) is 36.4 Å². The summed E-state index contributed by atoms with van der Waals surface area (Å²) in [5.74, 6) is -1.44. The summed E-state index contributed by atoms with van der Waals surface area (Å²) < 4.78 is 37.1. The number of anilines is 1. The Kier molecular flexibility index (Phi) is 7.37. The zero-order chi connectivity index (χ0) is 23.2. The number of carbonyl (C=O) groups is 2. The molecular formula is C20H24N4O6S. The fraction of sp³-hybridized carbons (Fsp3) is 0.250. The van der Waals surface area contributed by atoms with Crippen molar-refractivity contribution in [3.8, 4) is 5.75 Å². The van der Waals surface area contributed by atoms with E-state index in [0.29, 0.717) is 5.69 Å². The summed E-state index contributed by atoms with van der Waals surface area (Å²) in [6.07, 6.45) is 0. The second-order valence-corrected chi connectivity index (χ2v) is 9.15. The first-order valence-electron chi connectivity index (χ1n) is 9.10. The minimum Gasteiger partial charge on any atom is -0.459 e. The van der Waals surface area contributed by atoms with E-state index in [9.17, 15) is 18.0 Å². The number of ether oxygens (including phenoxy) is 2. The summed E-state index contributed by atoms with van der Waals surface area (Å²) in [5, 5.41) is 9.75. The lowest BCUT2D eigenvalue weighted by atomic mass is 10.2. The SMILES string of the molecule is CC(C)(C)OC(=O)CNS(=O)(=O)c1ccc(OC(=O)c2ccc(NC(=N)N)cc2)cc1. The number of guanidine groups is 1. The van der Waals surface area contributed by atoms with Crippen LogP contribution >= 0.6 is 0 Å². The van der Waals surface area contributed by atoms with E-state index in [0.717, 1.165) is 0 Å². The molecule has 11 heteroatoms. The molecule has 0 atom stereocenters. The Morgan fingerprint density at radius 2 is 1.61 bits per heavy atom. The average molecular weight is 449 g/mol. The molecule has 5 N–H and O–H groups in total. The predicted molar refractivity (Wildman–Crippen MR) is 114 cm³/mol. The van der Waals surface area contributed by atoms with Crippen molar-refractivity contribution < 1.29 is 27.5 Å². The molecule has 31 heavy (non-hydrogen) atoms. The molecule has 0 aromatic heterocycles. The lowest BCUT2D eigenvalue weighted by Crippen LogP contribution is -2.34. The Bertz CT molecular complexity index is 1060. The summed E-state index contributed by atoms with van der Waals surface area (Å²) in [4.78, 5) is 23.8. The smallest absolute Gasteiger partial charge is 0.343 e. The first-order valence-corrected chi connectivity index (χ1v) is 10.6. The normalized spacial score (nSPS) is 11.5. The van der Waals surface area contributed by atoms with Gasteiger partial charge >= 0.3 is 11.9 Å². The molecule has 2 aromatic rings. The predicted octanol–water partition coefficient (Wildman–Crippen LogP) is 1.83. The molecular weight excluding hydrogens is 424 g/mol. The number of carbonyl (C=O) groups excluding carboxylic acids is 2. The number of esters is 2. The van der Waals surface area contributed by atoms with Gasteiger partial charge in [0.05, 0.1) is 10.5 Å². The molecule has 0 bridgehead atoms. The van der Waals surface area contributed by atoms with Gasteiger partial charge in [0, 0.05) is 5.69 Å². The van der Waals surface area contributed by atoms with E-state index < -0.39 is 34.1 Å². The Balaban J connectivity index is 1.98. The van der Waals surface area contributed by atoms with Gasteiger partial charge in [0.25, 0.3) is 0 Å². The summed E-state index contributed by atoms with van der Waals surface area (Å²) in [6, 6.07) is 11.3. The second kappa shape index (κ2) is 9.58. The molecule has 0 radical (unpaired) electrons. The van der Waals surface area contributed by atoms with Crippen LogP contribution in [0.1, 0.15) is 31.1 Å². The molecule has 0 saturated heterocycles. The van der Waals surface area contributed by atoms with Crippen LogP contribution in [0.25, 0.3) is 0 Å². The number of sulfonamides is 1. The zero-order valence-corrected chi connectivity index (χ0v) is 18.1. The van der Waals surface area contributed by atoms with Crippen LogP contribution in [0.3, 0.4) is 0 Å². The second-order valence-electron chi connectivity index (χ2n) is 7.39. The van der Waals surface area contributed by atoms with Crippen molar-refractivity contribution in [3.05, 3.63) is 54.1 Å². The highest BCUT2D eigenvalue weighted by Crippen LogP contribution is 2.18. The topological polar surface area (TPSA) is 161 Å². The minimum absolute atomic E-state index is 0.101. The maximum atomic E-state index is 12.3. The van der Waals surface area contributed by atoms with E-state index in [1.54, 1.807) is 32.9 Å². The van der Waals surface area contributed by atoms with Gasteiger partial charge in [-0.05, 0) is 69.3 Å². The largest absolute Gasteiger partial charge is 0.459 e. The van der Waals surface area contributed by atoms with Gasteiger partial charge in [-0.3, -0.25) is 10.2 Å². The van der Waals surface area contributed by atoms with E-state index in [-0.39, 0.29) is 22.2 Å². The van der Waals surface area contributed by atoms with Gasteiger partial charge in [-0.1, -0.05) is 0 Å². The molecule has 2 aromatic carbocycles. The molecule has 0 heterocycles. The highest BCUT2D eigenvalue weighted by molar-refractivity contribution is 7.89. The van der Waals surface area contributed by atoms with Gasteiger partial charge in [0.15, 0.2) is 5.96 Å². The molecule has 10 nitrogen and oxygen atoms in total. The molecule has 0 aliphatic heterocycles. The van der Waals surface area contributed by atoms with Crippen molar-refractivity contribution in [1.82, 2.24) is 4.72 Å². The highest BCUT2D eigenvalue weighted by Gasteiger charge is 2.20. The van der Waals surface area contributed by atoms with Crippen LogP contribution in [0, 0.1) is 5.41 Å². The maximum Gasteiger partial charge on any atom is 0.343 e. The van der Waals surface area contributed by atoms with Crippen molar-refractivity contribution in [2.75, 3.05) is 11.9 Å². The standard InChI is InChI=1S/C20H24N4O6S/c1-20(2,3)30-17(25)12-23-31(27,28)16-10-8-15(9-11-16)29-18(26)13-4-6-14(7-5-13)24-19(21)22/h4-11,23H,12H2,1-3H3,(H4,21,22,24). The van der Waals surface area contributed by atoms with Crippen LogP contribution in [0.15, 0.2) is 53.4 Å². The summed E-state index contributed by atoms with van der Waals surface area (Å²) in [6.45, 7) is 4.52. The molecule has 2 rings (SSSR count). The van der Waals surface area contributed by atoms with Crippen LogP contribution in [0.4, 0.5) is 5.69 Å². The van der Waals surface area contributed by atoms with Crippen molar-refractivity contribution in [2.24, 2.45) is 5.73 Å². The number of hydrogen-bond donors (Lipinski definition) is 4. The fourth-order valence-electron chi connectivity index (χ4n) is 2.31.